The molecule has 0 atom stereocenters. The minimum Gasteiger partial charge on any atom is -0.378 e. The van der Waals surface area contributed by atoms with Gasteiger partial charge in [0, 0.05) is 48.9 Å². The van der Waals surface area contributed by atoms with Gasteiger partial charge in [-0.15, -0.1) is 0 Å². The zero-order valence-electron chi connectivity index (χ0n) is 14.5. The molecule has 0 aliphatic carbocycles. The van der Waals surface area contributed by atoms with Crippen LogP contribution in [0.3, 0.4) is 0 Å². The van der Waals surface area contributed by atoms with Crippen molar-refractivity contribution in [2.24, 2.45) is 0 Å². The molecule has 0 amide bonds. The topological polar surface area (TPSA) is 37.0 Å². The number of nitrogens with one attached hydrogen (secondary N) is 1. The molecule has 0 radical (unpaired) electrons. The van der Waals surface area contributed by atoms with E-state index in [9.17, 15) is 0 Å². The number of benzene rings is 2. The molecule has 5 heteroatoms. The van der Waals surface area contributed by atoms with Crippen LogP contribution in [-0.2, 0) is 9.47 Å². The van der Waals surface area contributed by atoms with Crippen molar-refractivity contribution in [3.8, 4) is 0 Å². The van der Waals surface area contributed by atoms with Gasteiger partial charge in [-0.1, -0.05) is 0 Å². The van der Waals surface area contributed by atoms with E-state index in [1.165, 1.54) is 11.4 Å². The molecule has 0 unspecified atom stereocenters. The van der Waals surface area contributed by atoms with Crippen LogP contribution in [0.2, 0.25) is 0 Å². The predicted molar refractivity (Wildman–Crippen MR) is 102 cm³/mol. The highest BCUT2D eigenvalue weighted by Gasteiger charge is 2.12. The Balaban J connectivity index is 1.38. The number of ether oxygens (including phenoxy) is 2. The first-order valence-corrected chi connectivity index (χ1v) is 9.01. The van der Waals surface area contributed by atoms with Gasteiger partial charge in [-0.25, -0.2) is 0 Å². The van der Waals surface area contributed by atoms with Crippen molar-refractivity contribution in [1.82, 2.24) is 0 Å². The number of hydrogen-bond acceptors (Lipinski definition) is 5. The van der Waals surface area contributed by atoms with E-state index in [0.717, 1.165) is 64.0 Å². The summed E-state index contributed by atoms with van der Waals surface area (Å²) in [5, 5.41) is 3.48. The molecule has 2 saturated heterocycles. The lowest BCUT2D eigenvalue weighted by molar-refractivity contribution is 0.122. The van der Waals surface area contributed by atoms with Gasteiger partial charge in [0.05, 0.1) is 26.4 Å². The fraction of sp³-hybridized carbons (Fsp3) is 0.400. The zero-order valence-corrected chi connectivity index (χ0v) is 14.5. The van der Waals surface area contributed by atoms with E-state index < -0.39 is 0 Å². The average Bonchev–Trinajstić information content (AvgIpc) is 2.71. The molecule has 2 aromatic rings. The van der Waals surface area contributed by atoms with E-state index >= 15 is 0 Å². The summed E-state index contributed by atoms with van der Waals surface area (Å²) in [7, 11) is 0. The molecule has 2 heterocycles. The van der Waals surface area contributed by atoms with Crippen molar-refractivity contribution in [2.45, 2.75) is 0 Å². The minimum atomic E-state index is 0.815. The van der Waals surface area contributed by atoms with Crippen LogP contribution in [0.25, 0.3) is 0 Å². The van der Waals surface area contributed by atoms with E-state index in [0.29, 0.717) is 0 Å². The second-order valence-corrected chi connectivity index (χ2v) is 6.42. The Morgan fingerprint density at radius 1 is 0.560 bits per heavy atom. The first-order valence-electron chi connectivity index (χ1n) is 9.01. The average molecular weight is 339 g/mol. The zero-order chi connectivity index (χ0) is 16.9. The summed E-state index contributed by atoms with van der Waals surface area (Å²) in [4.78, 5) is 4.73. The van der Waals surface area contributed by atoms with Crippen LogP contribution in [-0.4, -0.2) is 52.6 Å². The minimum absolute atomic E-state index is 0.815. The van der Waals surface area contributed by atoms with Gasteiger partial charge in [0.15, 0.2) is 0 Å². The van der Waals surface area contributed by atoms with Crippen molar-refractivity contribution in [3.63, 3.8) is 0 Å². The molecular weight excluding hydrogens is 314 g/mol. The molecule has 2 aliphatic heterocycles. The Morgan fingerprint density at radius 2 is 0.920 bits per heavy atom. The van der Waals surface area contributed by atoms with Crippen molar-refractivity contribution in [3.05, 3.63) is 48.5 Å². The summed E-state index contributed by atoms with van der Waals surface area (Å²) in [5.74, 6) is 0. The van der Waals surface area contributed by atoms with Gasteiger partial charge in [-0.05, 0) is 48.5 Å². The Kier molecular flexibility index (Phi) is 5.04. The first-order chi connectivity index (χ1) is 12.4. The summed E-state index contributed by atoms with van der Waals surface area (Å²) in [6.07, 6.45) is 0. The standard InChI is InChI=1S/C20H25N3O2/c1-5-19(22-9-13-24-14-10-22)6-2-17(1)21-18-3-7-20(8-4-18)23-11-15-25-16-12-23/h1-8,21H,9-16H2. The van der Waals surface area contributed by atoms with Crippen LogP contribution in [0, 0.1) is 0 Å². The van der Waals surface area contributed by atoms with E-state index in [1.807, 2.05) is 0 Å². The Labute approximate surface area is 149 Å². The number of hydrogen-bond donors (Lipinski definition) is 1. The predicted octanol–water partition coefficient (Wildman–Crippen LogP) is 3.10. The van der Waals surface area contributed by atoms with Gasteiger partial charge in [-0.3, -0.25) is 0 Å². The number of nitrogens with zero attached hydrogens (tertiary/aromatic N) is 2. The van der Waals surface area contributed by atoms with E-state index in [4.69, 9.17) is 9.47 Å². The number of rotatable bonds is 4. The maximum absolute atomic E-state index is 5.41. The molecule has 132 valence electrons. The molecular formula is C20H25N3O2. The Bertz CT molecular complexity index is 601. The maximum atomic E-state index is 5.41. The molecule has 0 aromatic heterocycles. The Morgan fingerprint density at radius 3 is 1.28 bits per heavy atom. The van der Waals surface area contributed by atoms with Crippen LogP contribution >= 0.6 is 0 Å². The molecule has 25 heavy (non-hydrogen) atoms. The molecule has 4 rings (SSSR count). The quantitative estimate of drug-likeness (QED) is 0.926. The lowest BCUT2D eigenvalue weighted by Gasteiger charge is -2.29. The molecule has 0 saturated carbocycles. The summed E-state index contributed by atoms with van der Waals surface area (Å²) in [6.45, 7) is 7.13. The summed E-state index contributed by atoms with van der Waals surface area (Å²) in [6, 6.07) is 17.3. The van der Waals surface area contributed by atoms with Crippen LogP contribution in [0.4, 0.5) is 22.7 Å². The highest BCUT2D eigenvalue weighted by Crippen LogP contribution is 2.24. The van der Waals surface area contributed by atoms with Gasteiger partial charge < -0.3 is 24.6 Å². The van der Waals surface area contributed by atoms with Crippen molar-refractivity contribution in [1.29, 1.82) is 0 Å². The summed E-state index contributed by atoms with van der Waals surface area (Å²) < 4.78 is 10.8. The summed E-state index contributed by atoms with van der Waals surface area (Å²) in [5.41, 5.74) is 4.74. The monoisotopic (exact) mass is 339 g/mol. The van der Waals surface area contributed by atoms with Gasteiger partial charge in [0.2, 0.25) is 0 Å². The summed E-state index contributed by atoms with van der Waals surface area (Å²) >= 11 is 0. The van der Waals surface area contributed by atoms with E-state index in [1.54, 1.807) is 0 Å². The third-order valence-corrected chi connectivity index (χ3v) is 4.78. The normalized spacial score (nSPS) is 18.2. The second-order valence-electron chi connectivity index (χ2n) is 6.42. The van der Waals surface area contributed by atoms with Crippen molar-refractivity contribution in [2.75, 3.05) is 67.7 Å². The fourth-order valence-electron chi connectivity index (χ4n) is 3.32. The van der Waals surface area contributed by atoms with Gasteiger partial charge in [-0.2, -0.15) is 0 Å². The molecule has 5 nitrogen and oxygen atoms in total. The lowest BCUT2D eigenvalue weighted by Crippen LogP contribution is -2.36. The Hall–Kier alpha value is -2.24. The van der Waals surface area contributed by atoms with Gasteiger partial charge in [0.25, 0.3) is 0 Å². The highest BCUT2D eigenvalue weighted by molar-refractivity contribution is 5.65. The maximum Gasteiger partial charge on any atom is 0.0642 e. The third kappa shape index (κ3) is 4.06. The van der Waals surface area contributed by atoms with E-state index in [2.05, 4.69) is 63.6 Å². The molecule has 2 aromatic carbocycles. The fourth-order valence-corrected chi connectivity index (χ4v) is 3.32. The number of morpholine rings is 2. The van der Waals surface area contributed by atoms with Crippen molar-refractivity contribution >= 4 is 22.7 Å². The third-order valence-electron chi connectivity index (χ3n) is 4.78. The molecule has 2 aliphatic rings. The van der Waals surface area contributed by atoms with E-state index in [-0.39, 0.29) is 0 Å². The molecule has 0 bridgehead atoms. The van der Waals surface area contributed by atoms with Crippen molar-refractivity contribution < 1.29 is 9.47 Å². The van der Waals surface area contributed by atoms with Crippen LogP contribution in [0.5, 0.6) is 0 Å². The molecule has 0 spiro atoms. The SMILES string of the molecule is c1cc(N2CCOCC2)ccc1Nc1ccc(N2CCOCC2)cc1. The largest absolute Gasteiger partial charge is 0.378 e. The van der Waals surface area contributed by atoms with Gasteiger partial charge in [0.1, 0.15) is 0 Å². The molecule has 1 N–H and O–H groups in total. The highest BCUT2D eigenvalue weighted by atomic mass is 16.5. The second kappa shape index (κ2) is 7.76. The first kappa shape index (κ1) is 16.2. The van der Waals surface area contributed by atoms with Crippen LogP contribution in [0.15, 0.2) is 48.5 Å². The number of anilines is 4. The van der Waals surface area contributed by atoms with Crippen LogP contribution in [0.1, 0.15) is 0 Å². The van der Waals surface area contributed by atoms with Gasteiger partial charge >= 0.3 is 0 Å². The molecule has 2 fully saturated rings. The van der Waals surface area contributed by atoms with Crippen LogP contribution < -0.4 is 15.1 Å². The smallest absolute Gasteiger partial charge is 0.0642 e. The lowest BCUT2D eigenvalue weighted by atomic mass is 10.2.